The molecule has 0 aliphatic rings. The smallest absolute Gasteiger partial charge is 0.0547 e. The molecule has 13 aromatic rings. The van der Waals surface area contributed by atoms with Gasteiger partial charge in [0.1, 0.15) is 0 Å². The molecule has 0 saturated heterocycles. The Bertz CT molecular complexity index is 3990. The van der Waals surface area contributed by atoms with Crippen molar-refractivity contribution in [3.8, 4) is 39.1 Å². The van der Waals surface area contributed by atoms with Crippen molar-refractivity contribution in [2.24, 2.45) is 0 Å². The van der Waals surface area contributed by atoms with Crippen LogP contribution in [-0.4, -0.2) is 4.57 Å². The van der Waals surface area contributed by atoms with Crippen molar-refractivity contribution in [2.75, 3.05) is 4.90 Å². The van der Waals surface area contributed by atoms with Crippen LogP contribution in [0.4, 0.5) is 17.1 Å². The fourth-order valence-corrected chi connectivity index (χ4v) is 10.5. The van der Waals surface area contributed by atoms with Crippen molar-refractivity contribution >= 4 is 82.0 Å². The largest absolute Gasteiger partial charge is 0.310 e. The van der Waals surface area contributed by atoms with E-state index in [1.54, 1.807) is 0 Å². The first-order chi connectivity index (χ1) is 32.7. The summed E-state index contributed by atoms with van der Waals surface area (Å²) in [6.07, 6.45) is 0. The van der Waals surface area contributed by atoms with Crippen molar-refractivity contribution in [1.82, 2.24) is 4.57 Å². The van der Waals surface area contributed by atoms with Crippen molar-refractivity contribution in [3.05, 3.63) is 255 Å². The molecule has 0 radical (unpaired) electrons. The number of benzene rings is 12. The fraction of sp³-hybridized carbons (Fsp3) is 0. The lowest BCUT2D eigenvalue weighted by atomic mass is 9.93. The Labute approximate surface area is 383 Å². The summed E-state index contributed by atoms with van der Waals surface area (Å²) < 4.78 is 2.39. The first-order valence-electron chi connectivity index (χ1n) is 22.8. The molecule has 0 unspecified atom stereocenters. The first-order valence-corrected chi connectivity index (χ1v) is 22.8. The summed E-state index contributed by atoms with van der Waals surface area (Å²) in [5.74, 6) is 0. The highest BCUT2D eigenvalue weighted by molar-refractivity contribution is 6.17. The second-order valence-corrected chi connectivity index (χ2v) is 17.3. The van der Waals surface area contributed by atoms with Crippen molar-refractivity contribution in [2.45, 2.75) is 0 Å². The molecule has 13 rings (SSSR count). The predicted octanol–water partition coefficient (Wildman–Crippen LogP) is 17.9. The zero-order chi connectivity index (χ0) is 43.6. The van der Waals surface area contributed by atoms with E-state index >= 15 is 0 Å². The van der Waals surface area contributed by atoms with Gasteiger partial charge in [-0.3, -0.25) is 0 Å². The number of rotatable bonds is 7. The molecule has 0 spiro atoms. The van der Waals surface area contributed by atoms with Crippen LogP contribution < -0.4 is 4.90 Å². The van der Waals surface area contributed by atoms with Crippen LogP contribution in [-0.2, 0) is 0 Å². The summed E-state index contributed by atoms with van der Waals surface area (Å²) in [7, 11) is 0. The maximum atomic E-state index is 2.45. The summed E-state index contributed by atoms with van der Waals surface area (Å²) in [5.41, 5.74) is 14.0. The van der Waals surface area contributed by atoms with Crippen molar-refractivity contribution in [3.63, 3.8) is 0 Å². The van der Waals surface area contributed by atoms with Crippen LogP contribution in [0.1, 0.15) is 0 Å². The number of hydrogen-bond donors (Lipinski definition) is 0. The van der Waals surface area contributed by atoms with Gasteiger partial charge in [0.25, 0.3) is 0 Å². The van der Waals surface area contributed by atoms with Crippen LogP contribution in [0.2, 0.25) is 0 Å². The Morgan fingerprint density at radius 2 is 0.818 bits per heavy atom. The van der Waals surface area contributed by atoms with Gasteiger partial charge in [-0.05, 0) is 138 Å². The molecule has 66 heavy (non-hydrogen) atoms. The quantitative estimate of drug-likeness (QED) is 0.145. The van der Waals surface area contributed by atoms with E-state index in [9.17, 15) is 0 Å². The van der Waals surface area contributed by atoms with Crippen LogP contribution in [0.15, 0.2) is 255 Å². The number of hydrogen-bond acceptors (Lipinski definition) is 1. The van der Waals surface area contributed by atoms with Gasteiger partial charge in [-0.25, -0.2) is 0 Å². The summed E-state index contributed by atoms with van der Waals surface area (Å²) in [6, 6.07) is 93.3. The van der Waals surface area contributed by atoms with Crippen LogP contribution in [0.25, 0.3) is 104 Å². The zero-order valence-corrected chi connectivity index (χ0v) is 36.1. The highest BCUT2D eigenvalue weighted by atomic mass is 15.1. The van der Waals surface area contributed by atoms with Crippen LogP contribution in [0.3, 0.4) is 0 Å². The zero-order valence-electron chi connectivity index (χ0n) is 36.1. The van der Waals surface area contributed by atoms with E-state index in [4.69, 9.17) is 0 Å². The minimum absolute atomic E-state index is 1.09. The van der Waals surface area contributed by atoms with Gasteiger partial charge in [0.2, 0.25) is 0 Å². The molecule has 1 heterocycles. The third-order valence-electron chi connectivity index (χ3n) is 13.5. The molecule has 0 saturated carbocycles. The third kappa shape index (κ3) is 6.18. The van der Waals surface area contributed by atoms with Gasteiger partial charge >= 0.3 is 0 Å². The Morgan fingerprint density at radius 1 is 0.273 bits per heavy atom. The van der Waals surface area contributed by atoms with E-state index in [0.29, 0.717) is 0 Å². The number of aromatic nitrogens is 1. The number of nitrogens with zero attached hydrogens (tertiary/aromatic N) is 2. The Balaban J connectivity index is 0.966. The maximum absolute atomic E-state index is 2.45. The summed E-state index contributed by atoms with van der Waals surface area (Å²) in [4.78, 5) is 2.45. The number of fused-ring (bicyclic) bond motifs is 9. The third-order valence-corrected chi connectivity index (χ3v) is 13.5. The Hall–Kier alpha value is -8.72. The molecule has 0 atom stereocenters. The SMILES string of the molecule is c1ccc(-n2c3ccccc3c3c(-c4cccc(-c5cccc(N(c6ccc(-c7cc8ccccc8c8ccccc78)cc6)c6cc7ccccc7c7ccccc67)c5)c4)cccc32)cc1. The Morgan fingerprint density at radius 3 is 1.58 bits per heavy atom. The average Bonchev–Trinajstić information content (AvgIpc) is 3.74. The average molecular weight is 839 g/mol. The van der Waals surface area contributed by atoms with E-state index in [2.05, 4.69) is 264 Å². The highest BCUT2D eigenvalue weighted by Gasteiger charge is 2.20. The van der Waals surface area contributed by atoms with Gasteiger partial charge in [0.05, 0.1) is 16.7 Å². The lowest BCUT2D eigenvalue weighted by molar-refractivity contribution is 1.18. The molecule has 0 amide bonds. The van der Waals surface area contributed by atoms with Crippen molar-refractivity contribution < 1.29 is 0 Å². The molecule has 0 N–H and O–H groups in total. The molecule has 0 fully saturated rings. The first kappa shape index (κ1) is 37.8. The lowest BCUT2D eigenvalue weighted by Gasteiger charge is -2.28. The van der Waals surface area contributed by atoms with Gasteiger partial charge in [-0.2, -0.15) is 0 Å². The summed E-state index contributed by atoms with van der Waals surface area (Å²) >= 11 is 0. The molecular weight excluding hydrogens is 797 g/mol. The molecule has 2 heteroatoms. The molecule has 1 aromatic heterocycles. The number of anilines is 3. The summed E-state index contributed by atoms with van der Waals surface area (Å²) in [5, 5.41) is 12.5. The standard InChI is InChI=1S/C64H42N2/c1-2-22-49(23-3-1)66-61-33-13-12-31-59(61)64-54(32-16-34-62(64)66)46-21-14-19-44(39-46)45-20-15-24-51(40-45)65(63-42-48-18-5-7-26-53(48)56-28-10-11-30-58(56)63)50-37-35-43(36-38-50)60-41-47-17-4-6-25-52(47)55-27-8-9-29-57(55)60/h1-42H. The predicted molar refractivity (Wildman–Crippen MR) is 282 cm³/mol. The molecule has 0 aliphatic heterocycles. The molecular formula is C64H42N2. The van der Waals surface area contributed by atoms with Gasteiger partial charge < -0.3 is 9.47 Å². The highest BCUT2D eigenvalue weighted by Crippen LogP contribution is 2.45. The fourth-order valence-electron chi connectivity index (χ4n) is 10.5. The second-order valence-electron chi connectivity index (χ2n) is 17.3. The van der Waals surface area contributed by atoms with Gasteiger partial charge in [0.15, 0.2) is 0 Å². The summed E-state index contributed by atoms with van der Waals surface area (Å²) in [6.45, 7) is 0. The van der Waals surface area contributed by atoms with E-state index in [1.165, 1.54) is 92.7 Å². The van der Waals surface area contributed by atoms with E-state index < -0.39 is 0 Å². The Kier molecular flexibility index (Phi) is 8.89. The molecule has 0 bridgehead atoms. The monoisotopic (exact) mass is 838 g/mol. The minimum atomic E-state index is 1.09. The normalized spacial score (nSPS) is 11.6. The van der Waals surface area contributed by atoms with E-state index in [0.717, 1.165) is 28.3 Å². The van der Waals surface area contributed by atoms with Gasteiger partial charge in [-0.1, -0.05) is 188 Å². The van der Waals surface area contributed by atoms with E-state index in [-0.39, 0.29) is 0 Å². The molecule has 308 valence electrons. The van der Waals surface area contributed by atoms with Gasteiger partial charge in [-0.15, -0.1) is 0 Å². The number of para-hydroxylation sites is 2. The molecule has 2 nitrogen and oxygen atoms in total. The van der Waals surface area contributed by atoms with Crippen molar-refractivity contribution in [1.29, 1.82) is 0 Å². The van der Waals surface area contributed by atoms with Crippen LogP contribution in [0.5, 0.6) is 0 Å². The van der Waals surface area contributed by atoms with Gasteiger partial charge in [0, 0.05) is 33.2 Å². The molecule has 12 aromatic carbocycles. The maximum Gasteiger partial charge on any atom is 0.0547 e. The molecule has 0 aliphatic carbocycles. The van der Waals surface area contributed by atoms with E-state index in [1.807, 2.05) is 0 Å². The van der Waals surface area contributed by atoms with Crippen LogP contribution >= 0.6 is 0 Å². The minimum Gasteiger partial charge on any atom is -0.310 e. The second kappa shape index (κ2) is 15.5. The lowest BCUT2D eigenvalue weighted by Crippen LogP contribution is -2.11. The topological polar surface area (TPSA) is 8.17 Å². The van der Waals surface area contributed by atoms with Crippen LogP contribution in [0, 0.1) is 0 Å².